The molecule has 2 saturated heterocycles. The van der Waals surface area contributed by atoms with E-state index >= 15 is 0 Å². The van der Waals surface area contributed by atoms with Crippen molar-refractivity contribution in [3.63, 3.8) is 0 Å². The number of aromatic nitrogens is 3. The molecule has 10 heteroatoms. The molecule has 2 aliphatic rings. The summed E-state index contributed by atoms with van der Waals surface area (Å²) in [6, 6.07) is 6.57. The Morgan fingerprint density at radius 2 is 1.50 bits per heavy atom. The Bertz CT molecular complexity index is 945. The Labute approximate surface area is 187 Å². The molecule has 0 spiro atoms. The molecule has 0 bridgehead atoms. The molecule has 168 valence electrons. The van der Waals surface area contributed by atoms with Crippen LogP contribution >= 0.6 is 0 Å². The SMILES string of the molecule is O=[N+]([O-])c1ccccc1/C=C/C=NNc1nc(N2CCCCC2)nc(N2CCCCC2)n1. The Morgan fingerprint density at radius 3 is 2.09 bits per heavy atom. The zero-order valence-electron chi connectivity index (χ0n) is 18.1. The van der Waals surface area contributed by atoms with Crippen LogP contribution in [0.2, 0.25) is 0 Å². The Balaban J connectivity index is 1.48. The molecule has 4 rings (SSSR count). The number of hydrogen-bond donors (Lipinski definition) is 1. The van der Waals surface area contributed by atoms with Crippen molar-refractivity contribution >= 4 is 35.8 Å². The molecule has 2 fully saturated rings. The molecule has 1 aromatic heterocycles. The van der Waals surface area contributed by atoms with E-state index in [0.717, 1.165) is 51.9 Å². The topological polar surface area (TPSA) is 113 Å². The number of piperidine rings is 2. The first-order chi connectivity index (χ1) is 15.7. The van der Waals surface area contributed by atoms with Gasteiger partial charge in [-0.1, -0.05) is 12.1 Å². The van der Waals surface area contributed by atoms with Gasteiger partial charge in [-0.25, -0.2) is 5.43 Å². The molecular formula is C22H28N8O2. The normalized spacial score (nSPS) is 17.2. The van der Waals surface area contributed by atoms with E-state index in [9.17, 15) is 10.1 Å². The number of nitrogens with one attached hydrogen (secondary N) is 1. The van der Waals surface area contributed by atoms with Gasteiger partial charge in [0.05, 0.1) is 10.5 Å². The number of nitro groups is 1. The van der Waals surface area contributed by atoms with Crippen molar-refractivity contribution in [2.24, 2.45) is 5.10 Å². The fraction of sp³-hybridized carbons (Fsp3) is 0.455. The van der Waals surface area contributed by atoms with Gasteiger partial charge in [-0.15, -0.1) is 0 Å². The van der Waals surface area contributed by atoms with E-state index in [2.05, 4.69) is 30.3 Å². The molecule has 0 saturated carbocycles. The zero-order chi connectivity index (χ0) is 22.2. The summed E-state index contributed by atoms with van der Waals surface area (Å²) in [4.78, 5) is 29.1. The number of nitrogens with zero attached hydrogens (tertiary/aromatic N) is 7. The van der Waals surface area contributed by atoms with E-state index in [1.807, 2.05) is 0 Å². The Morgan fingerprint density at radius 1 is 0.906 bits per heavy atom. The van der Waals surface area contributed by atoms with Crippen LogP contribution in [0.5, 0.6) is 0 Å². The number of para-hydroxylation sites is 1. The van der Waals surface area contributed by atoms with Crippen molar-refractivity contribution < 1.29 is 4.92 Å². The maximum absolute atomic E-state index is 11.1. The minimum absolute atomic E-state index is 0.0555. The van der Waals surface area contributed by atoms with E-state index in [1.165, 1.54) is 25.1 Å². The molecule has 1 N–H and O–H groups in total. The molecule has 1 aromatic carbocycles. The van der Waals surface area contributed by atoms with Crippen molar-refractivity contribution in [3.8, 4) is 0 Å². The fourth-order valence-electron chi connectivity index (χ4n) is 3.95. The van der Waals surface area contributed by atoms with Gasteiger partial charge in [-0.3, -0.25) is 10.1 Å². The average Bonchev–Trinajstić information content (AvgIpc) is 2.85. The number of benzene rings is 1. The minimum Gasteiger partial charge on any atom is -0.341 e. The molecule has 0 amide bonds. The lowest BCUT2D eigenvalue weighted by molar-refractivity contribution is -0.385. The Kier molecular flexibility index (Phi) is 7.21. The van der Waals surface area contributed by atoms with Crippen LogP contribution in [0.25, 0.3) is 6.08 Å². The second kappa shape index (κ2) is 10.7. The van der Waals surface area contributed by atoms with Crippen LogP contribution < -0.4 is 15.2 Å². The van der Waals surface area contributed by atoms with Crippen LogP contribution in [0.15, 0.2) is 35.4 Å². The predicted molar refractivity (Wildman–Crippen MR) is 126 cm³/mol. The molecule has 0 aliphatic carbocycles. The maximum atomic E-state index is 11.1. The van der Waals surface area contributed by atoms with Crippen LogP contribution in [0, 0.1) is 10.1 Å². The van der Waals surface area contributed by atoms with E-state index < -0.39 is 4.92 Å². The average molecular weight is 437 g/mol. The second-order valence-corrected chi connectivity index (χ2v) is 7.92. The first-order valence-corrected chi connectivity index (χ1v) is 11.2. The maximum Gasteiger partial charge on any atom is 0.276 e. The summed E-state index contributed by atoms with van der Waals surface area (Å²) in [5.41, 5.74) is 3.47. The summed E-state index contributed by atoms with van der Waals surface area (Å²) >= 11 is 0. The lowest BCUT2D eigenvalue weighted by Gasteiger charge is -2.30. The highest BCUT2D eigenvalue weighted by molar-refractivity contribution is 5.80. The highest BCUT2D eigenvalue weighted by atomic mass is 16.6. The van der Waals surface area contributed by atoms with E-state index in [-0.39, 0.29) is 5.69 Å². The van der Waals surface area contributed by atoms with Crippen molar-refractivity contribution in [1.82, 2.24) is 15.0 Å². The molecule has 32 heavy (non-hydrogen) atoms. The van der Waals surface area contributed by atoms with Crippen molar-refractivity contribution in [1.29, 1.82) is 0 Å². The van der Waals surface area contributed by atoms with E-state index in [4.69, 9.17) is 4.98 Å². The van der Waals surface area contributed by atoms with Crippen LogP contribution in [0.1, 0.15) is 44.1 Å². The smallest absolute Gasteiger partial charge is 0.276 e. The van der Waals surface area contributed by atoms with Crippen molar-refractivity contribution in [2.45, 2.75) is 38.5 Å². The molecular weight excluding hydrogens is 408 g/mol. The standard InChI is InChI=1S/C22H28N8O2/c31-30(32)19-12-4-3-10-18(19)11-9-13-23-27-20-24-21(28-14-5-1-6-15-28)26-22(25-20)29-16-7-2-8-17-29/h3-4,9-13H,1-2,5-8,14-17H2,(H,24,25,26,27)/b11-9+,23-13?. The van der Waals surface area contributed by atoms with Gasteiger partial charge in [-0.2, -0.15) is 20.1 Å². The number of hydrogen-bond acceptors (Lipinski definition) is 9. The second-order valence-electron chi connectivity index (χ2n) is 7.92. The summed E-state index contributed by atoms with van der Waals surface area (Å²) in [5.74, 6) is 1.78. The monoisotopic (exact) mass is 436 g/mol. The van der Waals surface area contributed by atoms with Crippen LogP contribution in [0.3, 0.4) is 0 Å². The summed E-state index contributed by atoms with van der Waals surface area (Å²) < 4.78 is 0. The lowest BCUT2D eigenvalue weighted by atomic mass is 10.1. The number of hydrazone groups is 1. The van der Waals surface area contributed by atoms with Gasteiger partial charge >= 0.3 is 0 Å². The Hall–Kier alpha value is -3.56. The number of rotatable bonds is 7. The fourth-order valence-corrected chi connectivity index (χ4v) is 3.95. The van der Waals surface area contributed by atoms with Gasteiger partial charge in [-0.05, 0) is 56.7 Å². The molecule has 10 nitrogen and oxygen atoms in total. The quantitative estimate of drug-likeness (QED) is 0.395. The zero-order valence-corrected chi connectivity index (χ0v) is 18.1. The van der Waals surface area contributed by atoms with Crippen molar-refractivity contribution in [3.05, 3.63) is 46.0 Å². The molecule has 0 radical (unpaired) electrons. The summed E-state index contributed by atoms with van der Waals surface area (Å²) in [5, 5.41) is 15.3. The van der Waals surface area contributed by atoms with Gasteiger partial charge in [0, 0.05) is 38.5 Å². The van der Waals surface area contributed by atoms with E-state index in [1.54, 1.807) is 30.4 Å². The summed E-state index contributed by atoms with van der Waals surface area (Å²) in [6.45, 7) is 3.80. The highest BCUT2D eigenvalue weighted by Gasteiger charge is 2.20. The molecule has 3 heterocycles. The third-order valence-corrected chi connectivity index (χ3v) is 5.62. The van der Waals surface area contributed by atoms with Gasteiger partial charge in [0.25, 0.3) is 5.69 Å². The first kappa shape index (κ1) is 21.7. The summed E-state index contributed by atoms with van der Waals surface area (Å²) in [6.07, 6.45) is 11.9. The number of nitro benzene ring substituents is 1. The van der Waals surface area contributed by atoms with Crippen LogP contribution in [-0.4, -0.2) is 52.3 Å². The van der Waals surface area contributed by atoms with Crippen LogP contribution in [0.4, 0.5) is 23.5 Å². The van der Waals surface area contributed by atoms with Gasteiger partial charge in [0.15, 0.2) is 0 Å². The molecule has 2 aromatic rings. The van der Waals surface area contributed by atoms with Crippen molar-refractivity contribution in [2.75, 3.05) is 41.4 Å². The first-order valence-electron chi connectivity index (χ1n) is 11.2. The molecule has 2 aliphatic heterocycles. The predicted octanol–water partition coefficient (Wildman–Crippen LogP) is 3.87. The number of allylic oxidation sites excluding steroid dienone is 1. The largest absolute Gasteiger partial charge is 0.341 e. The minimum atomic E-state index is -0.399. The number of anilines is 3. The van der Waals surface area contributed by atoms with E-state index in [0.29, 0.717) is 23.4 Å². The van der Waals surface area contributed by atoms with Gasteiger partial charge in [0.2, 0.25) is 17.8 Å². The molecule has 0 unspecified atom stereocenters. The third-order valence-electron chi connectivity index (χ3n) is 5.62. The van der Waals surface area contributed by atoms with Gasteiger partial charge in [0.1, 0.15) is 0 Å². The molecule has 0 atom stereocenters. The van der Waals surface area contributed by atoms with Crippen LogP contribution in [-0.2, 0) is 0 Å². The summed E-state index contributed by atoms with van der Waals surface area (Å²) in [7, 11) is 0. The highest BCUT2D eigenvalue weighted by Crippen LogP contribution is 2.22. The lowest BCUT2D eigenvalue weighted by Crippen LogP contribution is -2.34. The third kappa shape index (κ3) is 5.57. The van der Waals surface area contributed by atoms with Gasteiger partial charge < -0.3 is 9.80 Å².